The quantitative estimate of drug-likeness (QED) is 0.170. The fraction of sp³-hybridized carbons (Fsp3) is 0.113. The van der Waals surface area contributed by atoms with Gasteiger partial charge in [0.25, 0.3) is 0 Å². The molecular weight excluding hydrogens is 707 g/mol. The molecule has 0 radical (unpaired) electrons. The minimum Gasteiger partial charge on any atom is -0.310 e. The van der Waals surface area contributed by atoms with Crippen LogP contribution in [0.5, 0.6) is 0 Å². The van der Waals surface area contributed by atoms with E-state index in [1.165, 1.54) is 44.2 Å². The van der Waals surface area contributed by atoms with Gasteiger partial charge in [-0.05, 0) is 89.4 Å². The van der Waals surface area contributed by atoms with Crippen LogP contribution >= 0.6 is 0 Å². The molecule has 2 aliphatic carbocycles. The molecule has 0 fully saturated rings. The molecule has 5 nitrogen and oxygen atoms in total. The zero-order valence-corrected chi connectivity index (χ0v) is 32.5. The van der Waals surface area contributed by atoms with Crippen molar-refractivity contribution in [3.63, 3.8) is 0 Å². The third-order valence-electron chi connectivity index (χ3n) is 11.9. The number of allylic oxidation sites excluding steroid dienone is 8. The van der Waals surface area contributed by atoms with Crippen molar-refractivity contribution in [2.45, 2.75) is 26.7 Å². The summed E-state index contributed by atoms with van der Waals surface area (Å²) >= 11 is 0. The van der Waals surface area contributed by atoms with E-state index in [2.05, 4.69) is 181 Å². The van der Waals surface area contributed by atoms with Crippen molar-refractivity contribution in [2.75, 3.05) is 0 Å². The van der Waals surface area contributed by atoms with Gasteiger partial charge in [-0.25, -0.2) is 4.98 Å². The molecule has 6 aromatic carbocycles. The predicted molar refractivity (Wildman–Crippen MR) is 242 cm³/mol. The fourth-order valence-electron chi connectivity index (χ4n) is 9.09. The Kier molecular flexibility index (Phi) is 8.14. The van der Waals surface area contributed by atoms with Crippen LogP contribution in [0.4, 0.5) is 0 Å². The summed E-state index contributed by atoms with van der Waals surface area (Å²) in [6.45, 7) is 4.53. The average molecular weight is 748 g/mol. The highest BCUT2D eigenvalue weighted by Crippen LogP contribution is 2.41. The number of aromatic nitrogens is 5. The molecule has 0 spiro atoms. The zero-order chi connectivity index (χ0) is 38.7. The first kappa shape index (κ1) is 34.2. The molecule has 3 heterocycles. The lowest BCUT2D eigenvalue weighted by Gasteiger charge is -2.17. The molecule has 2 aliphatic rings. The topological polar surface area (TPSA) is 48.5 Å². The first-order chi connectivity index (χ1) is 28.6. The number of nitrogens with zero attached hydrogens (tertiary/aromatic N) is 5. The van der Waals surface area contributed by atoms with Crippen LogP contribution in [0.15, 0.2) is 176 Å². The second-order valence-electron chi connectivity index (χ2n) is 15.8. The van der Waals surface area contributed by atoms with Crippen LogP contribution in [0.2, 0.25) is 0 Å². The normalized spacial score (nSPS) is 16.7. The maximum absolute atomic E-state index is 5.21. The lowest BCUT2D eigenvalue weighted by molar-refractivity contribution is 0.735. The highest BCUT2D eigenvalue weighted by Gasteiger charge is 2.22. The van der Waals surface area contributed by atoms with Gasteiger partial charge in [-0.2, -0.15) is 9.97 Å². The monoisotopic (exact) mass is 747 g/mol. The summed E-state index contributed by atoms with van der Waals surface area (Å²) in [6.07, 6.45) is 15.5. The van der Waals surface area contributed by atoms with E-state index in [9.17, 15) is 0 Å². The minimum absolute atomic E-state index is 0.307. The molecule has 278 valence electrons. The smallest absolute Gasteiger partial charge is 0.238 e. The molecule has 58 heavy (non-hydrogen) atoms. The molecule has 0 saturated heterocycles. The van der Waals surface area contributed by atoms with Gasteiger partial charge in [0.1, 0.15) is 0 Å². The lowest BCUT2D eigenvalue weighted by atomic mass is 9.93. The third kappa shape index (κ3) is 5.65. The summed E-state index contributed by atoms with van der Waals surface area (Å²) in [4.78, 5) is 15.4. The number of fused-ring (bicyclic) bond motifs is 6. The Bertz CT molecular complexity index is 3210. The van der Waals surface area contributed by atoms with Gasteiger partial charge in [0.15, 0.2) is 11.6 Å². The lowest BCUT2D eigenvalue weighted by Crippen LogP contribution is -2.11. The van der Waals surface area contributed by atoms with Crippen molar-refractivity contribution >= 4 is 54.9 Å². The third-order valence-corrected chi connectivity index (χ3v) is 11.9. The van der Waals surface area contributed by atoms with Crippen LogP contribution in [-0.2, 0) is 0 Å². The number of para-hydroxylation sites is 2. The van der Waals surface area contributed by atoms with E-state index in [-0.39, 0.29) is 0 Å². The molecule has 0 amide bonds. The van der Waals surface area contributed by atoms with Crippen molar-refractivity contribution in [2.24, 2.45) is 11.8 Å². The van der Waals surface area contributed by atoms with Gasteiger partial charge in [-0.3, -0.25) is 4.57 Å². The summed E-state index contributed by atoms with van der Waals surface area (Å²) in [6, 6.07) is 50.2. The number of rotatable bonds is 6. The maximum Gasteiger partial charge on any atom is 0.238 e. The Balaban J connectivity index is 1.06. The van der Waals surface area contributed by atoms with Crippen molar-refractivity contribution in [1.29, 1.82) is 0 Å². The molecule has 0 N–H and O–H groups in total. The molecule has 0 saturated carbocycles. The summed E-state index contributed by atoms with van der Waals surface area (Å²) < 4.78 is 4.65. The van der Waals surface area contributed by atoms with Gasteiger partial charge in [-0.1, -0.05) is 147 Å². The summed E-state index contributed by atoms with van der Waals surface area (Å²) in [7, 11) is 0. The second kappa shape index (κ2) is 13.8. The SMILES string of the molecule is CC1C=C(n2c3ccccc3c3c(-c4cccc(-c5ccc6c(c5)c5ccccc5n6-c5nc(C6=CC=CCC6C)nc(-c6ccccc6)n5)c4)cccc32)C=CC1. The first-order valence-corrected chi connectivity index (χ1v) is 20.3. The van der Waals surface area contributed by atoms with Gasteiger partial charge in [0.2, 0.25) is 5.95 Å². The van der Waals surface area contributed by atoms with E-state index in [1.807, 2.05) is 18.2 Å². The van der Waals surface area contributed by atoms with Crippen molar-refractivity contribution in [3.8, 4) is 39.6 Å². The average Bonchev–Trinajstić information content (AvgIpc) is 3.79. The Morgan fingerprint density at radius 3 is 2.05 bits per heavy atom. The second-order valence-corrected chi connectivity index (χ2v) is 15.8. The van der Waals surface area contributed by atoms with Gasteiger partial charge in [0.05, 0.1) is 22.1 Å². The van der Waals surface area contributed by atoms with E-state index in [0.717, 1.165) is 57.2 Å². The Labute approximate surface area is 337 Å². The number of hydrogen-bond acceptors (Lipinski definition) is 3. The summed E-state index contributed by atoms with van der Waals surface area (Å²) in [5.74, 6) is 2.82. The van der Waals surface area contributed by atoms with Crippen molar-refractivity contribution < 1.29 is 0 Å². The van der Waals surface area contributed by atoms with Crippen LogP contribution < -0.4 is 0 Å². The molecule has 0 bridgehead atoms. The number of benzene rings is 6. The van der Waals surface area contributed by atoms with E-state index in [1.54, 1.807) is 0 Å². The Morgan fingerprint density at radius 1 is 0.517 bits per heavy atom. The first-order valence-electron chi connectivity index (χ1n) is 20.3. The Hall–Kier alpha value is -7.11. The Morgan fingerprint density at radius 2 is 1.21 bits per heavy atom. The molecule has 0 aliphatic heterocycles. The standard InChI is InChI=1S/C53H41N5/c1-34-15-12-21-40(31-34)57-47-27-11-9-24-44(47)50-42(25-14-28-49(50)57)39-20-13-19-37(32-39)38-29-30-48-45(33-38)43-23-8-10-26-46(43)58(48)53-55-51(36-17-4-3-5-18-36)54-52(56-53)41-22-7-6-16-35(41)2/h3-14,17-35H,15-16H2,1-2H3. The molecule has 5 heteroatoms. The van der Waals surface area contributed by atoms with E-state index in [0.29, 0.717) is 23.6 Å². The van der Waals surface area contributed by atoms with Gasteiger partial charge >= 0.3 is 0 Å². The fourth-order valence-corrected chi connectivity index (χ4v) is 9.09. The van der Waals surface area contributed by atoms with Crippen LogP contribution in [0.25, 0.3) is 94.5 Å². The highest BCUT2D eigenvalue weighted by atomic mass is 15.2. The molecule has 9 aromatic rings. The number of hydrogen-bond donors (Lipinski definition) is 0. The molecule has 3 aromatic heterocycles. The van der Waals surface area contributed by atoms with Crippen molar-refractivity contribution in [3.05, 3.63) is 182 Å². The van der Waals surface area contributed by atoms with Crippen LogP contribution in [0.3, 0.4) is 0 Å². The highest BCUT2D eigenvalue weighted by molar-refractivity contribution is 6.17. The molecule has 2 atom stereocenters. The van der Waals surface area contributed by atoms with Crippen LogP contribution in [-0.4, -0.2) is 24.1 Å². The van der Waals surface area contributed by atoms with E-state index >= 15 is 0 Å². The molecule has 11 rings (SSSR count). The van der Waals surface area contributed by atoms with Crippen LogP contribution in [0.1, 0.15) is 32.5 Å². The van der Waals surface area contributed by atoms with Gasteiger partial charge < -0.3 is 4.57 Å². The molecule has 2 unspecified atom stereocenters. The zero-order valence-electron chi connectivity index (χ0n) is 32.5. The molecular formula is C53H41N5. The summed E-state index contributed by atoms with van der Waals surface area (Å²) in [5, 5.41) is 4.86. The predicted octanol–water partition coefficient (Wildman–Crippen LogP) is 13.5. The van der Waals surface area contributed by atoms with E-state index in [4.69, 9.17) is 15.0 Å². The van der Waals surface area contributed by atoms with Gasteiger partial charge in [0, 0.05) is 38.4 Å². The minimum atomic E-state index is 0.307. The maximum atomic E-state index is 5.21. The van der Waals surface area contributed by atoms with E-state index < -0.39 is 0 Å². The largest absolute Gasteiger partial charge is 0.310 e. The summed E-state index contributed by atoms with van der Waals surface area (Å²) in [5.41, 5.74) is 12.7. The van der Waals surface area contributed by atoms with Crippen molar-refractivity contribution in [1.82, 2.24) is 24.1 Å². The van der Waals surface area contributed by atoms with Gasteiger partial charge in [-0.15, -0.1) is 0 Å². The van der Waals surface area contributed by atoms with Crippen LogP contribution in [0, 0.1) is 11.8 Å².